The molecule has 0 bridgehead atoms. The van der Waals surface area contributed by atoms with Crippen molar-refractivity contribution in [1.29, 1.82) is 0 Å². The molecule has 138 valence electrons. The van der Waals surface area contributed by atoms with Crippen molar-refractivity contribution < 1.29 is 9.84 Å². The van der Waals surface area contributed by atoms with Gasteiger partial charge in [0.2, 0.25) is 0 Å². The largest absolute Gasteiger partial charge is 0.508 e. The van der Waals surface area contributed by atoms with E-state index >= 15 is 0 Å². The molecule has 0 aliphatic carbocycles. The molecule has 0 unspecified atom stereocenters. The summed E-state index contributed by atoms with van der Waals surface area (Å²) in [7, 11) is 1.60. The van der Waals surface area contributed by atoms with Gasteiger partial charge in [0, 0.05) is 5.69 Å². The van der Waals surface area contributed by atoms with Gasteiger partial charge in [0.25, 0.3) is 0 Å². The summed E-state index contributed by atoms with van der Waals surface area (Å²) < 4.78 is 4.92. The summed E-state index contributed by atoms with van der Waals surface area (Å²) in [5.41, 5.74) is 14.8. The fourth-order valence-corrected chi connectivity index (χ4v) is 1.98. The second-order valence-electron chi connectivity index (χ2n) is 5.62. The number of para-hydroxylation sites is 3. The van der Waals surface area contributed by atoms with Crippen LogP contribution in [0.2, 0.25) is 0 Å². The first kappa shape index (κ1) is 20.9. The molecule has 0 atom stereocenters. The quantitative estimate of drug-likeness (QED) is 0.578. The van der Waals surface area contributed by atoms with Crippen molar-refractivity contribution in [2.24, 2.45) is 0 Å². The maximum absolute atomic E-state index is 8.92. The number of aromatic hydroxyl groups is 1. The Morgan fingerprint density at radius 1 is 0.846 bits per heavy atom. The Labute approximate surface area is 156 Å². The van der Waals surface area contributed by atoms with Crippen molar-refractivity contribution in [3.63, 3.8) is 0 Å². The van der Waals surface area contributed by atoms with Crippen molar-refractivity contribution >= 4 is 11.4 Å². The number of hydrogen-bond acceptors (Lipinski definition) is 4. The average molecular weight is 352 g/mol. The summed E-state index contributed by atoms with van der Waals surface area (Å²) in [5, 5.41) is 8.92. The molecule has 5 N–H and O–H groups in total. The van der Waals surface area contributed by atoms with E-state index in [1.54, 1.807) is 19.2 Å². The predicted octanol–water partition coefficient (Wildman–Crippen LogP) is 4.81. The summed E-state index contributed by atoms with van der Waals surface area (Å²) >= 11 is 0. The molecule has 3 aromatic carbocycles. The topological polar surface area (TPSA) is 81.5 Å². The fourth-order valence-electron chi connectivity index (χ4n) is 1.98. The maximum atomic E-state index is 8.92. The number of methoxy groups -OCH3 is 1. The molecular formula is C22H28N2O2. The zero-order chi connectivity index (χ0) is 19.4. The summed E-state index contributed by atoms with van der Waals surface area (Å²) in [6.07, 6.45) is 1.08. The lowest BCUT2D eigenvalue weighted by Crippen LogP contribution is -1.89. The van der Waals surface area contributed by atoms with E-state index in [1.165, 1.54) is 5.56 Å². The number of hydrogen-bond donors (Lipinski definition) is 3. The van der Waals surface area contributed by atoms with E-state index in [4.69, 9.17) is 21.3 Å². The van der Waals surface area contributed by atoms with E-state index < -0.39 is 0 Å². The van der Waals surface area contributed by atoms with Gasteiger partial charge in [0.05, 0.1) is 12.8 Å². The molecule has 0 spiro atoms. The molecule has 4 nitrogen and oxygen atoms in total. The van der Waals surface area contributed by atoms with E-state index in [2.05, 4.69) is 19.1 Å². The van der Waals surface area contributed by atoms with Crippen LogP contribution < -0.4 is 16.2 Å². The Kier molecular flexibility index (Phi) is 9.18. The molecule has 0 saturated carbocycles. The molecule has 0 aliphatic rings. The van der Waals surface area contributed by atoms with Crippen molar-refractivity contribution in [2.75, 3.05) is 18.6 Å². The molecular weight excluding hydrogens is 324 g/mol. The van der Waals surface area contributed by atoms with Gasteiger partial charge in [-0.25, -0.2) is 0 Å². The highest BCUT2D eigenvalue weighted by molar-refractivity contribution is 5.51. The van der Waals surface area contributed by atoms with E-state index in [-0.39, 0.29) is 0 Å². The Hall–Kier alpha value is -3.14. The standard InChI is InChI=1S/C8H11N.C7H9NO.C7H8O/c1-2-7-3-5-8(9)6-4-7;1-9-7-5-3-2-4-6(7)8;1-6-4-2-3-5-7(6)8/h3-6H,2,9H2,1H3;2-5H,8H2,1H3;2-5,8H,1H3. The van der Waals surface area contributed by atoms with E-state index in [0.29, 0.717) is 11.4 Å². The lowest BCUT2D eigenvalue weighted by atomic mass is 10.2. The molecule has 0 fully saturated rings. The monoisotopic (exact) mass is 352 g/mol. The summed E-state index contributed by atoms with van der Waals surface area (Å²) in [5.74, 6) is 1.10. The minimum absolute atomic E-state index is 0.368. The highest BCUT2D eigenvalue weighted by Crippen LogP contribution is 2.18. The first-order valence-corrected chi connectivity index (χ1v) is 8.45. The van der Waals surface area contributed by atoms with Gasteiger partial charge in [-0.2, -0.15) is 0 Å². The van der Waals surface area contributed by atoms with Crippen LogP contribution in [0.15, 0.2) is 72.8 Å². The summed E-state index contributed by atoms with van der Waals surface area (Å²) in [6.45, 7) is 4.00. The smallest absolute Gasteiger partial charge is 0.141 e. The molecule has 3 rings (SSSR count). The SMILES string of the molecule is CCc1ccc(N)cc1.COc1ccccc1N.Cc1ccccc1O. The lowest BCUT2D eigenvalue weighted by molar-refractivity contribution is 0.417. The molecule has 0 amide bonds. The molecule has 0 aromatic heterocycles. The Morgan fingerprint density at radius 2 is 1.42 bits per heavy atom. The van der Waals surface area contributed by atoms with Gasteiger partial charge in [-0.3, -0.25) is 0 Å². The van der Waals surface area contributed by atoms with Crippen LogP contribution in [0.5, 0.6) is 11.5 Å². The van der Waals surface area contributed by atoms with Crippen LogP contribution in [-0.4, -0.2) is 12.2 Å². The minimum atomic E-state index is 0.368. The third kappa shape index (κ3) is 7.62. The second-order valence-corrected chi connectivity index (χ2v) is 5.62. The predicted molar refractivity (Wildman–Crippen MR) is 110 cm³/mol. The number of phenols is 1. The Bertz CT molecular complexity index is 750. The van der Waals surface area contributed by atoms with Crippen LogP contribution in [-0.2, 0) is 6.42 Å². The maximum Gasteiger partial charge on any atom is 0.141 e. The van der Waals surface area contributed by atoms with Gasteiger partial charge in [-0.05, 0) is 54.8 Å². The van der Waals surface area contributed by atoms with E-state index in [1.807, 2.05) is 55.5 Å². The van der Waals surface area contributed by atoms with Gasteiger partial charge in [0.15, 0.2) is 0 Å². The molecule has 0 aliphatic heterocycles. The number of anilines is 2. The van der Waals surface area contributed by atoms with Crippen molar-refractivity contribution in [1.82, 2.24) is 0 Å². The number of benzene rings is 3. The first-order valence-electron chi connectivity index (χ1n) is 8.45. The van der Waals surface area contributed by atoms with Crippen LogP contribution in [0.3, 0.4) is 0 Å². The van der Waals surface area contributed by atoms with Gasteiger partial charge < -0.3 is 21.3 Å². The number of ether oxygens (including phenoxy) is 1. The van der Waals surface area contributed by atoms with Gasteiger partial charge in [-0.1, -0.05) is 49.4 Å². The molecule has 0 heterocycles. The van der Waals surface area contributed by atoms with Crippen LogP contribution >= 0.6 is 0 Å². The van der Waals surface area contributed by atoms with Gasteiger partial charge in [-0.15, -0.1) is 0 Å². The van der Waals surface area contributed by atoms with Crippen LogP contribution in [0.1, 0.15) is 18.1 Å². The minimum Gasteiger partial charge on any atom is -0.508 e. The molecule has 3 aromatic rings. The van der Waals surface area contributed by atoms with E-state index in [0.717, 1.165) is 23.4 Å². The zero-order valence-electron chi connectivity index (χ0n) is 15.6. The van der Waals surface area contributed by atoms with Crippen LogP contribution in [0.25, 0.3) is 0 Å². The number of nitrogen functional groups attached to an aromatic ring is 2. The lowest BCUT2D eigenvalue weighted by Gasteiger charge is -2.00. The second kappa shape index (κ2) is 11.4. The van der Waals surface area contributed by atoms with Gasteiger partial charge in [0.1, 0.15) is 11.5 Å². The van der Waals surface area contributed by atoms with E-state index in [9.17, 15) is 0 Å². The molecule has 0 radical (unpaired) electrons. The number of phenolic OH excluding ortho intramolecular Hbond substituents is 1. The van der Waals surface area contributed by atoms with Gasteiger partial charge >= 0.3 is 0 Å². The molecule has 26 heavy (non-hydrogen) atoms. The summed E-state index contributed by atoms with van der Waals surface area (Å²) in [4.78, 5) is 0. The zero-order valence-corrected chi connectivity index (χ0v) is 15.6. The average Bonchev–Trinajstić information content (AvgIpc) is 2.66. The Balaban J connectivity index is 0.000000195. The van der Waals surface area contributed by atoms with Crippen molar-refractivity contribution in [3.8, 4) is 11.5 Å². The Morgan fingerprint density at radius 3 is 1.85 bits per heavy atom. The van der Waals surface area contributed by atoms with Crippen LogP contribution in [0, 0.1) is 6.92 Å². The summed E-state index contributed by atoms with van der Waals surface area (Å²) in [6, 6.07) is 22.6. The highest BCUT2D eigenvalue weighted by Gasteiger charge is 1.91. The first-order chi connectivity index (χ1) is 12.5. The number of aryl methyl sites for hydroxylation is 2. The molecule has 0 saturated heterocycles. The van der Waals surface area contributed by atoms with Crippen molar-refractivity contribution in [2.45, 2.75) is 20.3 Å². The fraction of sp³-hybridized carbons (Fsp3) is 0.182. The highest BCUT2D eigenvalue weighted by atomic mass is 16.5. The third-order valence-corrected chi connectivity index (χ3v) is 3.64. The number of rotatable bonds is 2. The third-order valence-electron chi connectivity index (χ3n) is 3.64. The van der Waals surface area contributed by atoms with Crippen molar-refractivity contribution in [3.05, 3.63) is 83.9 Å². The van der Waals surface area contributed by atoms with Crippen LogP contribution in [0.4, 0.5) is 11.4 Å². The normalized spacial score (nSPS) is 9.19. The molecule has 4 heteroatoms. The number of nitrogens with two attached hydrogens (primary N) is 2.